The molecule has 0 unspecified atom stereocenters. The number of ether oxygens (including phenoxy) is 2. The first-order chi connectivity index (χ1) is 9.30. The van der Waals surface area contributed by atoms with Crippen molar-refractivity contribution in [3.63, 3.8) is 0 Å². The molecule has 114 valence electrons. The minimum atomic E-state index is -3.66. The van der Waals surface area contributed by atoms with Crippen molar-refractivity contribution in [1.82, 2.24) is 4.72 Å². The third kappa shape index (κ3) is 5.09. The van der Waals surface area contributed by atoms with Crippen molar-refractivity contribution in [2.24, 2.45) is 0 Å². The molecule has 0 heterocycles. The summed E-state index contributed by atoms with van der Waals surface area (Å²) >= 11 is 0. The Morgan fingerprint density at radius 2 is 1.80 bits per heavy atom. The van der Waals surface area contributed by atoms with E-state index in [0.29, 0.717) is 19.0 Å². The van der Waals surface area contributed by atoms with Crippen LogP contribution in [0.1, 0.15) is 13.8 Å². The topological polar surface area (TPSA) is 84.9 Å². The molecule has 0 aliphatic carbocycles. The van der Waals surface area contributed by atoms with Crippen LogP contribution in [0, 0.1) is 0 Å². The third-order valence-corrected chi connectivity index (χ3v) is 4.21. The summed E-state index contributed by atoms with van der Waals surface area (Å²) in [7, 11) is -2.09. The van der Waals surface area contributed by atoms with Crippen LogP contribution in [0.25, 0.3) is 0 Å². The average molecular weight is 303 g/mol. The van der Waals surface area contributed by atoms with Gasteiger partial charge in [-0.3, -0.25) is 0 Å². The van der Waals surface area contributed by atoms with Gasteiger partial charge in [0.1, 0.15) is 12.4 Å². The molecule has 0 amide bonds. The SMILES string of the molecule is COCCOc1ccc(S(=O)(=O)NC(C)(C)CO)cc1. The van der Waals surface area contributed by atoms with E-state index in [1.165, 1.54) is 12.1 Å². The fourth-order valence-corrected chi connectivity index (χ4v) is 2.82. The van der Waals surface area contributed by atoms with E-state index >= 15 is 0 Å². The zero-order chi connectivity index (χ0) is 15.2. The Hall–Kier alpha value is -1.15. The van der Waals surface area contributed by atoms with Crippen molar-refractivity contribution in [1.29, 1.82) is 0 Å². The Morgan fingerprint density at radius 3 is 2.30 bits per heavy atom. The van der Waals surface area contributed by atoms with Gasteiger partial charge >= 0.3 is 0 Å². The van der Waals surface area contributed by atoms with Crippen molar-refractivity contribution in [3.8, 4) is 5.75 Å². The molecular weight excluding hydrogens is 282 g/mol. The van der Waals surface area contributed by atoms with E-state index in [1.807, 2.05) is 0 Å². The lowest BCUT2D eigenvalue weighted by atomic mass is 10.1. The van der Waals surface area contributed by atoms with Crippen molar-refractivity contribution < 1.29 is 23.0 Å². The van der Waals surface area contributed by atoms with Gasteiger partial charge in [-0.05, 0) is 38.1 Å². The van der Waals surface area contributed by atoms with Crippen LogP contribution in [0.4, 0.5) is 0 Å². The van der Waals surface area contributed by atoms with Crippen LogP contribution in [-0.2, 0) is 14.8 Å². The van der Waals surface area contributed by atoms with Gasteiger partial charge in [-0.1, -0.05) is 0 Å². The Kier molecular flexibility index (Phi) is 5.94. The molecule has 6 nitrogen and oxygen atoms in total. The first-order valence-corrected chi connectivity index (χ1v) is 7.66. The van der Waals surface area contributed by atoms with Crippen molar-refractivity contribution >= 4 is 10.0 Å². The first-order valence-electron chi connectivity index (χ1n) is 6.17. The van der Waals surface area contributed by atoms with Crippen LogP contribution in [0.2, 0.25) is 0 Å². The second-order valence-corrected chi connectivity index (χ2v) is 6.64. The maximum Gasteiger partial charge on any atom is 0.241 e. The van der Waals surface area contributed by atoms with Gasteiger partial charge in [0.05, 0.1) is 23.6 Å². The Labute approximate surface area is 119 Å². The van der Waals surface area contributed by atoms with Crippen LogP contribution in [0.3, 0.4) is 0 Å². The summed E-state index contributed by atoms with van der Waals surface area (Å²) in [5.41, 5.74) is -0.910. The van der Waals surface area contributed by atoms with Crippen molar-refractivity contribution in [2.75, 3.05) is 26.9 Å². The number of methoxy groups -OCH3 is 1. The van der Waals surface area contributed by atoms with Crippen molar-refractivity contribution in [2.45, 2.75) is 24.3 Å². The van der Waals surface area contributed by atoms with Gasteiger partial charge in [0.25, 0.3) is 0 Å². The molecular formula is C13H21NO5S. The molecule has 0 aromatic heterocycles. The second kappa shape index (κ2) is 7.03. The second-order valence-electron chi connectivity index (χ2n) is 4.96. The molecule has 0 saturated heterocycles. The van der Waals surface area contributed by atoms with Crippen LogP contribution >= 0.6 is 0 Å². The molecule has 0 radical (unpaired) electrons. The number of aliphatic hydroxyl groups is 1. The van der Waals surface area contributed by atoms with Gasteiger partial charge in [0, 0.05) is 7.11 Å². The summed E-state index contributed by atoms with van der Waals surface area (Å²) in [6, 6.07) is 6.07. The molecule has 0 fully saturated rings. The van der Waals surface area contributed by atoms with Gasteiger partial charge < -0.3 is 14.6 Å². The van der Waals surface area contributed by atoms with E-state index in [1.54, 1.807) is 33.1 Å². The van der Waals surface area contributed by atoms with Gasteiger partial charge in [0.2, 0.25) is 10.0 Å². The number of hydrogen-bond acceptors (Lipinski definition) is 5. The highest BCUT2D eigenvalue weighted by Crippen LogP contribution is 2.17. The van der Waals surface area contributed by atoms with E-state index in [9.17, 15) is 8.42 Å². The van der Waals surface area contributed by atoms with E-state index in [0.717, 1.165) is 0 Å². The molecule has 0 saturated carbocycles. The normalized spacial score (nSPS) is 12.4. The summed E-state index contributed by atoms with van der Waals surface area (Å²) in [4.78, 5) is 0.123. The highest BCUT2D eigenvalue weighted by atomic mass is 32.2. The number of nitrogens with one attached hydrogen (secondary N) is 1. The standard InChI is InChI=1S/C13H21NO5S/c1-13(2,10-15)14-20(16,17)12-6-4-11(5-7-12)19-9-8-18-3/h4-7,14-15H,8-10H2,1-3H3. The van der Waals surface area contributed by atoms with E-state index < -0.39 is 15.6 Å². The van der Waals surface area contributed by atoms with Gasteiger partial charge in [0.15, 0.2) is 0 Å². The molecule has 0 spiro atoms. The van der Waals surface area contributed by atoms with Crippen LogP contribution in [0.15, 0.2) is 29.2 Å². The van der Waals surface area contributed by atoms with E-state index in [2.05, 4.69) is 4.72 Å². The predicted molar refractivity (Wildman–Crippen MR) is 75.3 cm³/mol. The van der Waals surface area contributed by atoms with Gasteiger partial charge in [-0.2, -0.15) is 0 Å². The molecule has 1 rings (SSSR count). The molecule has 7 heteroatoms. The monoisotopic (exact) mass is 303 g/mol. The summed E-state index contributed by atoms with van der Waals surface area (Å²) in [6.07, 6.45) is 0. The Bertz CT molecular complexity index is 510. The van der Waals surface area contributed by atoms with Crippen LogP contribution in [0.5, 0.6) is 5.75 Å². The predicted octanol–water partition coefficient (Wildman–Crippen LogP) is 0.761. The fourth-order valence-electron chi connectivity index (χ4n) is 1.41. The minimum absolute atomic E-state index is 0.123. The summed E-state index contributed by atoms with van der Waals surface area (Å²) in [5, 5.41) is 9.11. The highest BCUT2D eigenvalue weighted by molar-refractivity contribution is 7.89. The lowest BCUT2D eigenvalue weighted by Gasteiger charge is -2.23. The Morgan fingerprint density at radius 1 is 1.20 bits per heavy atom. The molecule has 1 aromatic rings. The molecule has 2 N–H and O–H groups in total. The average Bonchev–Trinajstić information content (AvgIpc) is 2.38. The third-order valence-electron chi connectivity index (χ3n) is 2.50. The number of hydrogen-bond donors (Lipinski definition) is 2. The fraction of sp³-hybridized carbons (Fsp3) is 0.538. The lowest BCUT2D eigenvalue weighted by molar-refractivity contribution is 0.146. The van der Waals surface area contributed by atoms with Crippen LogP contribution in [-0.4, -0.2) is 46.0 Å². The zero-order valence-corrected chi connectivity index (χ0v) is 12.7. The molecule has 0 aliphatic heterocycles. The molecule has 0 aliphatic rings. The number of benzene rings is 1. The summed E-state index contributed by atoms with van der Waals surface area (Å²) in [5.74, 6) is 0.572. The summed E-state index contributed by atoms with van der Waals surface area (Å²) < 4.78 is 36.8. The smallest absolute Gasteiger partial charge is 0.241 e. The van der Waals surface area contributed by atoms with Gasteiger partial charge in [-0.15, -0.1) is 0 Å². The lowest BCUT2D eigenvalue weighted by Crippen LogP contribution is -2.46. The van der Waals surface area contributed by atoms with Crippen LogP contribution < -0.4 is 9.46 Å². The van der Waals surface area contributed by atoms with E-state index in [-0.39, 0.29) is 11.5 Å². The largest absolute Gasteiger partial charge is 0.491 e. The maximum atomic E-state index is 12.1. The van der Waals surface area contributed by atoms with Crippen molar-refractivity contribution in [3.05, 3.63) is 24.3 Å². The molecule has 1 aromatic carbocycles. The highest BCUT2D eigenvalue weighted by Gasteiger charge is 2.25. The maximum absolute atomic E-state index is 12.1. The minimum Gasteiger partial charge on any atom is -0.491 e. The first kappa shape index (κ1) is 16.9. The molecule has 0 atom stereocenters. The number of rotatable bonds is 8. The molecule has 0 bridgehead atoms. The zero-order valence-electron chi connectivity index (χ0n) is 11.9. The Balaban J connectivity index is 2.77. The van der Waals surface area contributed by atoms with Gasteiger partial charge in [-0.25, -0.2) is 13.1 Å². The van der Waals surface area contributed by atoms with E-state index in [4.69, 9.17) is 14.6 Å². The quantitative estimate of drug-likeness (QED) is 0.693. The molecule has 20 heavy (non-hydrogen) atoms. The summed E-state index contributed by atoms with van der Waals surface area (Å²) in [6.45, 7) is 3.79. The number of aliphatic hydroxyl groups excluding tert-OH is 1. The number of sulfonamides is 1.